The summed E-state index contributed by atoms with van der Waals surface area (Å²) in [6.45, 7) is 6.91. The molecule has 0 aromatic carbocycles. The lowest BCUT2D eigenvalue weighted by Gasteiger charge is -2.17. The molecule has 0 aliphatic carbocycles. The van der Waals surface area contributed by atoms with E-state index < -0.39 is 0 Å². The van der Waals surface area contributed by atoms with Gasteiger partial charge >= 0.3 is 0 Å². The highest BCUT2D eigenvalue weighted by molar-refractivity contribution is 9.09. The molecule has 0 radical (unpaired) electrons. The molecular formula is C14H30BrN. The van der Waals surface area contributed by atoms with Gasteiger partial charge in [0.15, 0.2) is 0 Å². The van der Waals surface area contributed by atoms with E-state index in [9.17, 15) is 0 Å². The first-order valence-corrected chi connectivity index (χ1v) is 7.91. The topological polar surface area (TPSA) is 3.24 Å². The summed E-state index contributed by atoms with van der Waals surface area (Å²) >= 11 is 3.59. The van der Waals surface area contributed by atoms with E-state index in [0.29, 0.717) is 4.83 Å². The second-order valence-corrected chi connectivity index (χ2v) is 6.58. The fraction of sp³-hybridized carbons (Fsp3) is 1.00. The van der Waals surface area contributed by atoms with Gasteiger partial charge in [0.05, 0.1) is 0 Å². The summed E-state index contributed by atoms with van der Waals surface area (Å²) in [5.74, 6) is 0. The Kier molecular flexibility index (Phi) is 12.2. The lowest BCUT2D eigenvalue weighted by Crippen LogP contribution is -2.25. The van der Waals surface area contributed by atoms with E-state index >= 15 is 0 Å². The van der Waals surface area contributed by atoms with Crippen LogP contribution in [-0.2, 0) is 0 Å². The molecule has 0 aromatic heterocycles. The van der Waals surface area contributed by atoms with Crippen LogP contribution in [0, 0.1) is 0 Å². The highest BCUT2D eigenvalue weighted by Gasteiger charge is 2.01. The molecule has 0 aromatic rings. The molecule has 0 bridgehead atoms. The Balaban J connectivity index is 3.08. The molecule has 2 heteroatoms. The van der Waals surface area contributed by atoms with E-state index in [2.05, 4.69) is 41.7 Å². The number of halogens is 1. The molecule has 0 amide bonds. The lowest BCUT2D eigenvalue weighted by molar-refractivity contribution is 0.329. The van der Waals surface area contributed by atoms with Crippen LogP contribution in [0.2, 0.25) is 0 Å². The molecule has 16 heavy (non-hydrogen) atoms. The number of hydrogen-bond acceptors (Lipinski definition) is 1. The largest absolute Gasteiger partial charge is 0.305 e. The average molecular weight is 292 g/mol. The molecule has 0 N–H and O–H groups in total. The number of alkyl halides is 1. The SMILES string of the molecule is CCCCCCCCCCN(C)CC(C)Br. The van der Waals surface area contributed by atoms with Crippen molar-refractivity contribution in [3.63, 3.8) is 0 Å². The van der Waals surface area contributed by atoms with Crippen molar-refractivity contribution in [1.29, 1.82) is 0 Å². The number of hydrogen-bond donors (Lipinski definition) is 0. The highest BCUT2D eigenvalue weighted by atomic mass is 79.9. The summed E-state index contributed by atoms with van der Waals surface area (Å²) in [5.41, 5.74) is 0. The van der Waals surface area contributed by atoms with Crippen LogP contribution in [-0.4, -0.2) is 29.9 Å². The number of unbranched alkanes of at least 4 members (excludes halogenated alkanes) is 7. The summed E-state index contributed by atoms with van der Waals surface area (Å²) in [4.78, 5) is 3.04. The van der Waals surface area contributed by atoms with Crippen molar-refractivity contribution in [3.05, 3.63) is 0 Å². The zero-order valence-corrected chi connectivity index (χ0v) is 13.1. The molecule has 0 aliphatic heterocycles. The molecule has 1 unspecified atom stereocenters. The van der Waals surface area contributed by atoms with Crippen LogP contribution in [0.1, 0.15) is 65.2 Å². The monoisotopic (exact) mass is 291 g/mol. The van der Waals surface area contributed by atoms with Crippen molar-refractivity contribution in [2.24, 2.45) is 0 Å². The third-order valence-electron chi connectivity index (χ3n) is 2.96. The Hall–Kier alpha value is 0.440. The van der Waals surface area contributed by atoms with Crippen molar-refractivity contribution in [3.8, 4) is 0 Å². The second-order valence-electron chi connectivity index (χ2n) is 5.02. The normalized spacial score (nSPS) is 13.3. The summed E-state index contributed by atoms with van der Waals surface area (Å²) in [7, 11) is 2.22. The Morgan fingerprint density at radius 1 is 0.938 bits per heavy atom. The van der Waals surface area contributed by atoms with Gasteiger partial charge in [-0.1, -0.05) is 74.7 Å². The Morgan fingerprint density at radius 3 is 1.94 bits per heavy atom. The molecule has 0 heterocycles. The molecule has 0 saturated carbocycles. The van der Waals surface area contributed by atoms with Gasteiger partial charge in [-0.25, -0.2) is 0 Å². The molecule has 0 spiro atoms. The van der Waals surface area contributed by atoms with Crippen molar-refractivity contribution in [2.75, 3.05) is 20.1 Å². The van der Waals surface area contributed by atoms with Gasteiger partial charge in [0.1, 0.15) is 0 Å². The van der Waals surface area contributed by atoms with Crippen molar-refractivity contribution >= 4 is 15.9 Å². The molecule has 98 valence electrons. The van der Waals surface area contributed by atoms with Gasteiger partial charge < -0.3 is 4.90 Å². The molecule has 0 aliphatic rings. The summed E-state index contributed by atoms with van der Waals surface area (Å²) in [6, 6.07) is 0. The minimum Gasteiger partial charge on any atom is -0.305 e. The van der Waals surface area contributed by atoms with E-state index in [1.54, 1.807) is 0 Å². The van der Waals surface area contributed by atoms with Gasteiger partial charge in [-0.2, -0.15) is 0 Å². The van der Waals surface area contributed by atoms with Crippen LogP contribution < -0.4 is 0 Å². The van der Waals surface area contributed by atoms with E-state index in [0.717, 1.165) is 6.54 Å². The van der Waals surface area contributed by atoms with E-state index in [-0.39, 0.29) is 0 Å². The smallest absolute Gasteiger partial charge is 0.0244 e. The minimum atomic E-state index is 0.617. The van der Waals surface area contributed by atoms with Crippen LogP contribution in [0.4, 0.5) is 0 Å². The lowest BCUT2D eigenvalue weighted by atomic mass is 10.1. The van der Waals surface area contributed by atoms with Crippen LogP contribution in [0.15, 0.2) is 0 Å². The quantitative estimate of drug-likeness (QED) is 0.389. The molecule has 0 fully saturated rings. The van der Waals surface area contributed by atoms with Gasteiger partial charge in [0.25, 0.3) is 0 Å². The van der Waals surface area contributed by atoms with Crippen LogP contribution in [0.25, 0.3) is 0 Å². The first-order valence-electron chi connectivity index (χ1n) is 6.99. The highest BCUT2D eigenvalue weighted by Crippen LogP contribution is 2.09. The van der Waals surface area contributed by atoms with Gasteiger partial charge in [-0.15, -0.1) is 0 Å². The predicted octanol–water partition coefficient (Wildman–Crippen LogP) is 4.84. The Labute approximate surface area is 111 Å². The molecule has 1 nitrogen and oxygen atoms in total. The molecule has 1 atom stereocenters. The average Bonchev–Trinajstić information content (AvgIpc) is 2.21. The van der Waals surface area contributed by atoms with E-state index in [1.165, 1.54) is 57.9 Å². The maximum absolute atomic E-state index is 3.59. The summed E-state index contributed by atoms with van der Waals surface area (Å²) in [6.07, 6.45) is 11.3. The Morgan fingerprint density at radius 2 is 1.44 bits per heavy atom. The van der Waals surface area contributed by atoms with Crippen LogP contribution in [0.3, 0.4) is 0 Å². The number of nitrogens with zero attached hydrogens (tertiary/aromatic N) is 1. The maximum Gasteiger partial charge on any atom is 0.0244 e. The minimum absolute atomic E-state index is 0.617. The van der Waals surface area contributed by atoms with Gasteiger partial charge in [-0.3, -0.25) is 0 Å². The standard InChI is InChI=1S/C14H30BrN/c1-4-5-6-7-8-9-10-11-12-16(3)13-14(2)15/h14H,4-13H2,1-3H3. The fourth-order valence-electron chi connectivity index (χ4n) is 2.04. The van der Waals surface area contributed by atoms with Crippen LogP contribution in [0.5, 0.6) is 0 Å². The van der Waals surface area contributed by atoms with Gasteiger partial charge in [0, 0.05) is 11.4 Å². The number of rotatable bonds is 11. The van der Waals surface area contributed by atoms with Crippen molar-refractivity contribution in [1.82, 2.24) is 4.90 Å². The zero-order valence-electron chi connectivity index (χ0n) is 11.5. The summed E-state index contributed by atoms with van der Waals surface area (Å²) < 4.78 is 0. The first kappa shape index (κ1) is 16.4. The van der Waals surface area contributed by atoms with Crippen molar-refractivity contribution < 1.29 is 0 Å². The molecule has 0 saturated heterocycles. The predicted molar refractivity (Wildman–Crippen MR) is 78.5 cm³/mol. The Bertz CT molecular complexity index is 137. The van der Waals surface area contributed by atoms with Gasteiger partial charge in [0.2, 0.25) is 0 Å². The summed E-state index contributed by atoms with van der Waals surface area (Å²) in [5, 5.41) is 0. The second kappa shape index (κ2) is 11.9. The fourth-order valence-corrected chi connectivity index (χ4v) is 2.53. The van der Waals surface area contributed by atoms with Crippen LogP contribution >= 0.6 is 15.9 Å². The van der Waals surface area contributed by atoms with Gasteiger partial charge in [-0.05, 0) is 20.0 Å². The zero-order chi connectivity index (χ0) is 12.2. The first-order chi connectivity index (χ1) is 7.66. The van der Waals surface area contributed by atoms with Crippen molar-refractivity contribution in [2.45, 2.75) is 70.0 Å². The third kappa shape index (κ3) is 12.5. The van der Waals surface area contributed by atoms with E-state index in [4.69, 9.17) is 0 Å². The molecular weight excluding hydrogens is 262 g/mol. The maximum atomic E-state index is 3.59. The molecule has 0 rings (SSSR count). The third-order valence-corrected chi connectivity index (χ3v) is 3.25. The van der Waals surface area contributed by atoms with E-state index in [1.807, 2.05) is 0 Å².